The number of aliphatic hydroxyl groups is 1. The van der Waals surface area contributed by atoms with Crippen molar-refractivity contribution < 1.29 is 26.6 Å². The molecular weight excluding hydrogens is 473 g/mol. The van der Waals surface area contributed by atoms with Crippen LogP contribution in [0.3, 0.4) is 0 Å². The number of halogens is 3. The molecule has 2 aliphatic rings. The molecule has 1 N–H and O–H groups in total. The molecule has 1 saturated heterocycles. The first-order chi connectivity index (χ1) is 11.8. The zero-order valence-corrected chi connectivity index (χ0v) is 19.7. The van der Waals surface area contributed by atoms with E-state index in [9.17, 15) is 5.11 Å². The lowest BCUT2D eigenvalue weighted by molar-refractivity contribution is -0.943. The van der Waals surface area contributed by atoms with Gasteiger partial charge in [-0.1, -0.05) is 23.2 Å². The Labute approximate surface area is 184 Å². The van der Waals surface area contributed by atoms with Gasteiger partial charge in [-0.2, -0.15) is 0 Å². The summed E-state index contributed by atoms with van der Waals surface area (Å²) in [5, 5.41) is 11.9. The summed E-state index contributed by atoms with van der Waals surface area (Å²) in [6, 6.07) is 8.87. The van der Waals surface area contributed by atoms with Gasteiger partial charge in [0.1, 0.15) is 5.60 Å². The van der Waals surface area contributed by atoms with Crippen molar-refractivity contribution in [2.75, 3.05) is 14.1 Å². The minimum absolute atomic E-state index is 0. The van der Waals surface area contributed by atoms with Crippen LogP contribution >= 0.6 is 45.9 Å². The average Bonchev–Trinajstić information content (AvgIpc) is 3.26. The molecule has 144 valence electrons. The number of fused-ring (bicyclic) bond motifs is 2. The van der Waals surface area contributed by atoms with Crippen molar-refractivity contribution in [2.24, 2.45) is 5.92 Å². The Morgan fingerprint density at radius 2 is 1.62 bits per heavy atom. The van der Waals surface area contributed by atoms with Crippen LogP contribution in [-0.4, -0.2) is 35.8 Å². The van der Waals surface area contributed by atoms with Crippen LogP contribution in [0.4, 0.5) is 0 Å². The molecule has 4 rings (SSSR count). The lowest BCUT2D eigenvalue weighted by Gasteiger charge is -2.48. The Kier molecular flexibility index (Phi) is 6.22. The minimum atomic E-state index is -1.01. The second-order valence-corrected chi connectivity index (χ2v) is 11.6. The molecule has 2 aromatic rings. The van der Waals surface area contributed by atoms with Crippen LogP contribution < -0.4 is 17.0 Å². The molecular formula is C19H24BrCl2NOS2. The summed E-state index contributed by atoms with van der Waals surface area (Å²) in [5.41, 5.74) is -1.01. The standard InChI is InChI=1S/C19H24Cl2NOS2.BrH/c1-22(2)13-4-3-12(9-13)10-14(22)11-19(23,15-5-7-17(20)24-15)16-6-8-18(21)25-16;/h5-8,12-14,23H,3-4,9-11H2,1-2H3;1H/q+1;/p-1. The number of thiophene rings is 2. The fourth-order valence-corrected chi connectivity index (χ4v) is 7.26. The maximum atomic E-state index is 11.9. The summed E-state index contributed by atoms with van der Waals surface area (Å²) in [4.78, 5) is 1.85. The fourth-order valence-electron chi connectivity index (χ4n) is 4.88. The first-order valence-corrected chi connectivity index (χ1v) is 11.3. The van der Waals surface area contributed by atoms with Gasteiger partial charge in [0, 0.05) is 29.0 Å². The Bertz CT molecular complexity index is 735. The number of nitrogens with zero attached hydrogens (tertiary/aromatic N) is 1. The topological polar surface area (TPSA) is 20.2 Å². The number of likely N-dealkylation sites (tertiary alicyclic amines) is 1. The molecule has 3 atom stereocenters. The summed E-state index contributed by atoms with van der Waals surface area (Å²) >= 11 is 15.3. The number of piperidine rings is 1. The van der Waals surface area contributed by atoms with Gasteiger partial charge in [-0.05, 0) is 43.0 Å². The van der Waals surface area contributed by atoms with Crippen molar-refractivity contribution >= 4 is 45.9 Å². The molecule has 1 aliphatic carbocycles. The summed E-state index contributed by atoms with van der Waals surface area (Å²) in [7, 11) is 4.69. The molecule has 2 fully saturated rings. The van der Waals surface area contributed by atoms with Gasteiger partial charge < -0.3 is 26.6 Å². The lowest BCUT2D eigenvalue weighted by Crippen LogP contribution is -3.00. The smallest absolute Gasteiger partial charge is 0.139 e. The van der Waals surface area contributed by atoms with E-state index >= 15 is 0 Å². The van der Waals surface area contributed by atoms with E-state index in [4.69, 9.17) is 23.2 Å². The van der Waals surface area contributed by atoms with Crippen LogP contribution in [0.25, 0.3) is 0 Å². The molecule has 0 amide bonds. The van der Waals surface area contributed by atoms with Crippen LogP contribution in [0.2, 0.25) is 8.67 Å². The maximum absolute atomic E-state index is 11.9. The molecule has 26 heavy (non-hydrogen) atoms. The zero-order chi connectivity index (χ0) is 17.8. The molecule has 3 unspecified atom stereocenters. The third-order valence-corrected chi connectivity index (χ3v) is 9.26. The Morgan fingerprint density at radius 3 is 2.12 bits per heavy atom. The van der Waals surface area contributed by atoms with Gasteiger partial charge in [0.25, 0.3) is 0 Å². The van der Waals surface area contributed by atoms with Crippen molar-refractivity contribution in [3.63, 3.8) is 0 Å². The lowest BCUT2D eigenvalue weighted by atomic mass is 9.82. The van der Waals surface area contributed by atoms with Gasteiger partial charge in [0.2, 0.25) is 0 Å². The van der Waals surface area contributed by atoms with E-state index in [0.29, 0.717) is 14.7 Å². The number of quaternary nitrogens is 1. The first-order valence-electron chi connectivity index (χ1n) is 8.86. The van der Waals surface area contributed by atoms with Gasteiger partial charge in [0.05, 0.1) is 34.9 Å². The second-order valence-electron chi connectivity index (χ2n) is 8.12. The van der Waals surface area contributed by atoms with E-state index < -0.39 is 5.60 Å². The zero-order valence-electron chi connectivity index (χ0n) is 14.9. The Balaban J connectivity index is 0.00000196. The quantitative estimate of drug-likeness (QED) is 0.645. The van der Waals surface area contributed by atoms with Gasteiger partial charge in [-0.3, -0.25) is 0 Å². The van der Waals surface area contributed by atoms with E-state index in [0.717, 1.165) is 32.6 Å². The molecule has 1 aliphatic heterocycles. The summed E-state index contributed by atoms with van der Waals surface area (Å²) < 4.78 is 2.44. The predicted molar refractivity (Wildman–Crippen MR) is 108 cm³/mol. The minimum Gasteiger partial charge on any atom is -1.00 e. The van der Waals surface area contributed by atoms with E-state index in [1.54, 1.807) is 0 Å². The highest BCUT2D eigenvalue weighted by molar-refractivity contribution is 7.17. The van der Waals surface area contributed by atoms with Crippen molar-refractivity contribution in [3.05, 3.63) is 42.7 Å². The summed E-state index contributed by atoms with van der Waals surface area (Å²) in [5.74, 6) is 0.823. The molecule has 2 nitrogen and oxygen atoms in total. The molecule has 3 heterocycles. The molecule has 0 aromatic carbocycles. The first kappa shape index (κ1) is 21.1. The van der Waals surface area contributed by atoms with Crippen molar-refractivity contribution in [1.29, 1.82) is 0 Å². The van der Waals surface area contributed by atoms with Gasteiger partial charge in [0.15, 0.2) is 0 Å². The highest BCUT2D eigenvalue weighted by atomic mass is 79.9. The Hall–Kier alpha value is 0.380. The van der Waals surface area contributed by atoms with Crippen molar-refractivity contribution in [2.45, 2.75) is 49.8 Å². The van der Waals surface area contributed by atoms with E-state index in [2.05, 4.69) is 14.1 Å². The van der Waals surface area contributed by atoms with E-state index in [1.165, 1.54) is 48.4 Å². The molecule has 7 heteroatoms. The van der Waals surface area contributed by atoms with E-state index in [-0.39, 0.29) is 17.0 Å². The van der Waals surface area contributed by atoms with Crippen LogP contribution in [0.5, 0.6) is 0 Å². The maximum Gasteiger partial charge on any atom is 0.139 e. The average molecular weight is 497 g/mol. The van der Waals surface area contributed by atoms with Crippen molar-refractivity contribution in [1.82, 2.24) is 0 Å². The largest absolute Gasteiger partial charge is 1.00 e. The highest BCUT2D eigenvalue weighted by Gasteiger charge is 2.51. The molecule has 0 spiro atoms. The summed E-state index contributed by atoms with van der Waals surface area (Å²) in [6.07, 6.45) is 5.93. The molecule has 2 aromatic heterocycles. The van der Waals surface area contributed by atoms with E-state index in [1.807, 2.05) is 24.3 Å². The van der Waals surface area contributed by atoms with Crippen LogP contribution in [0, 0.1) is 5.92 Å². The monoisotopic (exact) mass is 495 g/mol. The SMILES string of the molecule is C[N+]1(C)C2CCC(C2)CC1CC(O)(c1ccc(Cl)s1)c1ccc(Cl)s1.[Br-]. The fraction of sp³-hybridized carbons (Fsp3) is 0.579. The van der Waals surface area contributed by atoms with Gasteiger partial charge in [-0.25, -0.2) is 0 Å². The van der Waals surface area contributed by atoms with Gasteiger partial charge in [-0.15, -0.1) is 22.7 Å². The second kappa shape index (κ2) is 7.66. The predicted octanol–water partition coefficient (Wildman–Crippen LogP) is 2.76. The summed E-state index contributed by atoms with van der Waals surface area (Å²) in [6.45, 7) is 0. The van der Waals surface area contributed by atoms with Gasteiger partial charge >= 0.3 is 0 Å². The number of hydrogen-bond donors (Lipinski definition) is 1. The normalized spacial score (nSPS) is 27.3. The third-order valence-electron chi connectivity index (χ3n) is 6.49. The highest BCUT2D eigenvalue weighted by Crippen LogP contribution is 2.49. The molecule has 0 radical (unpaired) electrons. The number of hydrogen-bond acceptors (Lipinski definition) is 3. The number of rotatable bonds is 4. The Morgan fingerprint density at radius 1 is 1.04 bits per heavy atom. The van der Waals surface area contributed by atoms with Crippen LogP contribution in [0.15, 0.2) is 24.3 Å². The van der Waals surface area contributed by atoms with Crippen molar-refractivity contribution in [3.8, 4) is 0 Å². The van der Waals surface area contributed by atoms with Crippen LogP contribution in [0.1, 0.15) is 41.9 Å². The van der Waals surface area contributed by atoms with Crippen LogP contribution in [-0.2, 0) is 5.60 Å². The third kappa shape index (κ3) is 3.66. The molecule has 2 bridgehead atoms. The molecule has 1 saturated carbocycles.